The molecular formula is C21H22F4N6O3S. The molecule has 3 N–H and O–H groups in total. The Kier molecular flexibility index (Phi) is 5.98. The van der Waals surface area contributed by atoms with Crippen LogP contribution in [0.4, 0.5) is 29.2 Å². The number of aromatic nitrogens is 4. The van der Waals surface area contributed by atoms with E-state index in [1.54, 1.807) is 13.8 Å². The first-order chi connectivity index (χ1) is 16.2. The first kappa shape index (κ1) is 24.8. The monoisotopic (exact) mass is 514 g/mol. The minimum Gasteiger partial charge on any atom is -0.368 e. The van der Waals surface area contributed by atoms with Gasteiger partial charge in [0.1, 0.15) is 17.0 Å². The Morgan fingerprint density at radius 1 is 1.23 bits per heavy atom. The third kappa shape index (κ3) is 4.54. The van der Waals surface area contributed by atoms with Gasteiger partial charge in [-0.2, -0.15) is 18.2 Å². The molecule has 1 saturated carbocycles. The maximum absolute atomic E-state index is 14.9. The number of nitrogens with one attached hydrogen (secondary N) is 1. The lowest BCUT2D eigenvalue weighted by Crippen LogP contribution is -2.49. The SMILES string of the molecule is CC(C)n1c(=O)c(-c2ccc(NS(=O)(=O)CC3(C(F)(F)F)CCC3)c(F)c2)nc2cnc(N)nc21. The van der Waals surface area contributed by atoms with Crippen molar-refractivity contribution in [1.29, 1.82) is 0 Å². The van der Waals surface area contributed by atoms with E-state index in [0.29, 0.717) is 0 Å². The van der Waals surface area contributed by atoms with Crippen molar-refractivity contribution < 1.29 is 26.0 Å². The van der Waals surface area contributed by atoms with E-state index in [1.165, 1.54) is 16.8 Å². The number of sulfonamides is 1. The third-order valence-corrected chi connectivity index (χ3v) is 7.52. The smallest absolute Gasteiger partial charge is 0.368 e. The number of rotatable bonds is 6. The minimum absolute atomic E-state index is 0.0364. The molecule has 0 amide bonds. The lowest BCUT2D eigenvalue weighted by Gasteiger charge is -2.42. The van der Waals surface area contributed by atoms with Crippen LogP contribution < -0.4 is 16.0 Å². The minimum atomic E-state index is -4.69. The van der Waals surface area contributed by atoms with Crippen LogP contribution in [0.2, 0.25) is 0 Å². The molecule has 9 nitrogen and oxygen atoms in total. The fourth-order valence-corrected chi connectivity index (χ4v) is 5.86. The summed E-state index contributed by atoms with van der Waals surface area (Å²) in [5.41, 5.74) is 2.48. The average Bonchev–Trinajstić information content (AvgIpc) is 2.70. The van der Waals surface area contributed by atoms with E-state index in [0.717, 1.165) is 12.1 Å². The molecule has 0 bridgehead atoms. The number of benzene rings is 1. The normalized spacial score (nSPS) is 15.9. The van der Waals surface area contributed by atoms with Gasteiger partial charge in [-0.1, -0.05) is 12.5 Å². The van der Waals surface area contributed by atoms with Crippen molar-refractivity contribution >= 4 is 32.8 Å². The number of nitrogen functional groups attached to an aromatic ring is 1. The number of halogens is 4. The topological polar surface area (TPSA) is 133 Å². The third-order valence-electron chi connectivity index (χ3n) is 6.05. The van der Waals surface area contributed by atoms with Crippen LogP contribution in [0.5, 0.6) is 0 Å². The summed E-state index contributed by atoms with van der Waals surface area (Å²) in [4.78, 5) is 25.3. The molecule has 0 radical (unpaired) electrons. The number of nitrogens with two attached hydrogens (primary N) is 1. The van der Waals surface area contributed by atoms with Gasteiger partial charge in [0, 0.05) is 11.6 Å². The zero-order chi connectivity index (χ0) is 25.8. The average molecular weight is 515 g/mol. The number of hydrogen-bond donors (Lipinski definition) is 2. The Balaban J connectivity index is 1.69. The van der Waals surface area contributed by atoms with Crippen LogP contribution in [0.3, 0.4) is 0 Å². The first-order valence-corrected chi connectivity index (χ1v) is 12.3. The molecule has 0 atom stereocenters. The number of hydrogen-bond acceptors (Lipinski definition) is 7. The molecule has 4 rings (SSSR count). The van der Waals surface area contributed by atoms with Crippen molar-refractivity contribution in [3.63, 3.8) is 0 Å². The number of anilines is 2. The predicted molar refractivity (Wildman–Crippen MR) is 122 cm³/mol. The Labute approximate surface area is 197 Å². The van der Waals surface area contributed by atoms with Crippen LogP contribution in [0.15, 0.2) is 29.2 Å². The molecular weight excluding hydrogens is 492 g/mol. The Morgan fingerprint density at radius 3 is 2.46 bits per heavy atom. The van der Waals surface area contributed by atoms with Crippen molar-refractivity contribution in [3.05, 3.63) is 40.6 Å². The molecule has 3 aromatic rings. The first-order valence-electron chi connectivity index (χ1n) is 10.6. The van der Waals surface area contributed by atoms with Gasteiger partial charge in [0.25, 0.3) is 5.56 Å². The van der Waals surface area contributed by atoms with Crippen LogP contribution in [0.25, 0.3) is 22.4 Å². The summed E-state index contributed by atoms with van der Waals surface area (Å²) in [6, 6.07) is 2.82. The molecule has 1 fully saturated rings. The summed E-state index contributed by atoms with van der Waals surface area (Å²) in [5.74, 6) is -2.33. The maximum Gasteiger partial charge on any atom is 0.395 e. The van der Waals surface area contributed by atoms with Crippen LogP contribution in [0.1, 0.15) is 39.2 Å². The zero-order valence-electron chi connectivity index (χ0n) is 18.7. The molecule has 2 heterocycles. The molecule has 1 aromatic carbocycles. The van der Waals surface area contributed by atoms with Crippen molar-refractivity contribution in [2.24, 2.45) is 5.41 Å². The summed E-state index contributed by atoms with van der Waals surface area (Å²) in [5, 5.41) is 0. The molecule has 0 saturated heterocycles. The zero-order valence-corrected chi connectivity index (χ0v) is 19.5. The van der Waals surface area contributed by atoms with Gasteiger partial charge in [0.2, 0.25) is 16.0 Å². The second-order valence-electron chi connectivity index (χ2n) is 8.85. The molecule has 0 aliphatic heterocycles. The van der Waals surface area contributed by atoms with E-state index in [-0.39, 0.29) is 53.7 Å². The predicted octanol–water partition coefficient (Wildman–Crippen LogP) is 3.63. The molecule has 0 spiro atoms. The van der Waals surface area contributed by atoms with E-state index in [2.05, 4.69) is 15.0 Å². The van der Waals surface area contributed by atoms with Crippen LogP contribution in [-0.2, 0) is 10.0 Å². The number of nitrogens with zero attached hydrogens (tertiary/aromatic N) is 4. The summed E-state index contributed by atoms with van der Waals surface area (Å²) >= 11 is 0. The molecule has 188 valence electrons. The quantitative estimate of drug-likeness (QED) is 0.480. The molecule has 2 aromatic heterocycles. The van der Waals surface area contributed by atoms with Crippen molar-refractivity contribution in [2.45, 2.75) is 45.3 Å². The second-order valence-corrected chi connectivity index (χ2v) is 10.6. The molecule has 1 aliphatic carbocycles. The van der Waals surface area contributed by atoms with E-state index in [4.69, 9.17) is 5.73 Å². The van der Waals surface area contributed by atoms with Crippen LogP contribution >= 0.6 is 0 Å². The standard InChI is InChI=1S/C21H22F4N6O3S/c1-11(2)31-17-15(9-27-19(26)29-17)28-16(18(31)32)12-4-5-14(13(22)8-12)30-35(33,34)10-20(6-3-7-20)21(23,24)25/h4-5,8-9,11,30H,3,6-7,10H2,1-2H3,(H2,26,27,29). The highest BCUT2D eigenvalue weighted by molar-refractivity contribution is 7.92. The number of fused-ring (bicyclic) bond motifs is 1. The highest BCUT2D eigenvalue weighted by atomic mass is 32.2. The lowest BCUT2D eigenvalue weighted by atomic mass is 9.70. The maximum atomic E-state index is 14.9. The molecule has 35 heavy (non-hydrogen) atoms. The fraction of sp³-hybridized carbons (Fsp3) is 0.429. The highest BCUT2D eigenvalue weighted by Gasteiger charge is 2.60. The molecule has 0 unspecified atom stereocenters. The number of alkyl halides is 3. The van der Waals surface area contributed by atoms with E-state index in [1.807, 2.05) is 4.72 Å². The van der Waals surface area contributed by atoms with Crippen molar-refractivity contribution in [1.82, 2.24) is 19.5 Å². The summed E-state index contributed by atoms with van der Waals surface area (Å²) < 4.78 is 83.1. The largest absolute Gasteiger partial charge is 0.395 e. The van der Waals surface area contributed by atoms with Gasteiger partial charge in [-0.05, 0) is 38.8 Å². The fourth-order valence-electron chi connectivity index (χ4n) is 4.11. The second kappa shape index (κ2) is 8.43. The Bertz CT molecular complexity index is 1470. The van der Waals surface area contributed by atoms with Gasteiger partial charge in [0.05, 0.1) is 23.1 Å². The summed E-state index contributed by atoms with van der Waals surface area (Å²) in [7, 11) is -4.52. The Hall–Kier alpha value is -3.29. The van der Waals surface area contributed by atoms with Gasteiger partial charge in [-0.25, -0.2) is 22.8 Å². The van der Waals surface area contributed by atoms with Crippen molar-refractivity contribution in [3.8, 4) is 11.3 Å². The van der Waals surface area contributed by atoms with E-state index < -0.39 is 44.4 Å². The summed E-state index contributed by atoms with van der Waals surface area (Å²) in [6.45, 7) is 3.47. The molecule has 1 aliphatic rings. The van der Waals surface area contributed by atoms with E-state index >= 15 is 0 Å². The Morgan fingerprint density at radius 2 is 1.91 bits per heavy atom. The van der Waals surface area contributed by atoms with Gasteiger partial charge in [-0.15, -0.1) is 0 Å². The molecule has 14 heteroatoms. The summed E-state index contributed by atoms with van der Waals surface area (Å²) in [6.07, 6.45) is -3.71. The van der Waals surface area contributed by atoms with Gasteiger partial charge >= 0.3 is 6.18 Å². The van der Waals surface area contributed by atoms with Crippen LogP contribution in [0, 0.1) is 11.2 Å². The highest BCUT2D eigenvalue weighted by Crippen LogP contribution is 2.53. The van der Waals surface area contributed by atoms with Gasteiger partial charge < -0.3 is 5.73 Å². The van der Waals surface area contributed by atoms with Gasteiger partial charge in [0.15, 0.2) is 5.65 Å². The lowest BCUT2D eigenvalue weighted by molar-refractivity contribution is -0.241. The van der Waals surface area contributed by atoms with E-state index in [9.17, 15) is 30.8 Å². The van der Waals surface area contributed by atoms with Crippen LogP contribution in [-0.4, -0.2) is 39.9 Å². The van der Waals surface area contributed by atoms with Crippen molar-refractivity contribution in [2.75, 3.05) is 16.2 Å². The van der Waals surface area contributed by atoms with Gasteiger partial charge in [-0.3, -0.25) is 14.1 Å².